The fraction of sp³-hybridized carbons (Fsp3) is 0.343. The second-order valence-corrected chi connectivity index (χ2v) is 12.8. The number of benzene rings is 3. The topological polar surface area (TPSA) is 84.2 Å². The van der Waals surface area contributed by atoms with E-state index in [1.807, 2.05) is 60.0 Å². The van der Waals surface area contributed by atoms with Crippen LogP contribution in [0.2, 0.25) is 0 Å². The van der Waals surface area contributed by atoms with E-state index in [4.69, 9.17) is 4.98 Å². The van der Waals surface area contributed by atoms with E-state index in [0.29, 0.717) is 43.3 Å². The molecule has 3 aromatic carbocycles. The number of unbranched alkanes of at least 4 members (excludes halogenated alkanes) is 1. The van der Waals surface area contributed by atoms with Crippen molar-refractivity contribution in [1.82, 2.24) is 29.5 Å². The van der Waals surface area contributed by atoms with Crippen LogP contribution in [0.3, 0.4) is 0 Å². The quantitative estimate of drug-likeness (QED) is 0.145. The number of hydrogen-bond acceptors (Lipinski definition) is 6. The van der Waals surface area contributed by atoms with Gasteiger partial charge in [0.1, 0.15) is 5.52 Å². The summed E-state index contributed by atoms with van der Waals surface area (Å²) in [6.45, 7) is 8.56. The largest absolute Gasteiger partial charge is 0.339 e. The molecule has 0 saturated carbocycles. The first-order valence-corrected chi connectivity index (χ1v) is 16.3. The highest BCUT2D eigenvalue weighted by atomic mass is 32.2. The predicted octanol–water partition coefficient (Wildman–Crippen LogP) is 6.28. The molecule has 0 aliphatic carbocycles. The SMILES string of the molecule is Cc1ccc(C(=O)N2CCN(C(=O)CCCCSc3nnc4c5ccccc5n(Cc5cccc(C)c5)c4n3)CC2C)cc1. The van der Waals surface area contributed by atoms with Crippen LogP contribution >= 0.6 is 11.8 Å². The molecule has 1 unspecified atom stereocenters. The van der Waals surface area contributed by atoms with Gasteiger partial charge in [-0.2, -0.15) is 0 Å². The lowest BCUT2D eigenvalue weighted by Crippen LogP contribution is -2.55. The average Bonchev–Trinajstić information content (AvgIpc) is 3.33. The minimum atomic E-state index is -0.0156. The van der Waals surface area contributed by atoms with Crippen molar-refractivity contribution in [2.24, 2.45) is 0 Å². The monoisotopic (exact) mass is 606 g/mol. The summed E-state index contributed by atoms with van der Waals surface area (Å²) in [6.07, 6.45) is 2.18. The molecule has 1 aliphatic heterocycles. The molecule has 1 atom stereocenters. The molecule has 0 radical (unpaired) electrons. The van der Waals surface area contributed by atoms with Crippen molar-refractivity contribution in [3.05, 3.63) is 95.1 Å². The molecule has 0 spiro atoms. The normalized spacial score (nSPS) is 15.3. The van der Waals surface area contributed by atoms with Crippen LogP contribution in [0.1, 0.15) is 53.2 Å². The van der Waals surface area contributed by atoms with Gasteiger partial charge in [-0.05, 0) is 57.4 Å². The van der Waals surface area contributed by atoms with Gasteiger partial charge in [-0.1, -0.05) is 77.5 Å². The van der Waals surface area contributed by atoms with Gasteiger partial charge in [0.2, 0.25) is 11.1 Å². The number of aryl methyl sites for hydroxylation is 2. The number of aromatic nitrogens is 4. The third-order valence-electron chi connectivity index (χ3n) is 8.33. The lowest BCUT2D eigenvalue weighted by atomic mass is 10.1. The minimum absolute atomic E-state index is 0.0156. The Balaban J connectivity index is 1.02. The summed E-state index contributed by atoms with van der Waals surface area (Å²) in [5.41, 5.74) is 7.04. The molecule has 8 nitrogen and oxygen atoms in total. The third-order valence-corrected chi connectivity index (χ3v) is 9.26. The summed E-state index contributed by atoms with van der Waals surface area (Å²) in [7, 11) is 0. The van der Waals surface area contributed by atoms with Gasteiger partial charge in [-0.3, -0.25) is 9.59 Å². The molecular formula is C35H38N6O2S. The Morgan fingerprint density at radius 3 is 2.52 bits per heavy atom. The maximum Gasteiger partial charge on any atom is 0.254 e. The number of para-hydroxylation sites is 1. The zero-order chi connectivity index (χ0) is 30.6. The summed E-state index contributed by atoms with van der Waals surface area (Å²) >= 11 is 1.59. The fourth-order valence-electron chi connectivity index (χ4n) is 5.95. The van der Waals surface area contributed by atoms with Crippen LogP contribution in [0.4, 0.5) is 0 Å². The Morgan fingerprint density at radius 1 is 0.909 bits per heavy atom. The zero-order valence-corrected chi connectivity index (χ0v) is 26.4. The van der Waals surface area contributed by atoms with E-state index >= 15 is 0 Å². The predicted molar refractivity (Wildman–Crippen MR) is 176 cm³/mol. The molecule has 5 aromatic rings. The number of hydrogen-bond donors (Lipinski definition) is 0. The van der Waals surface area contributed by atoms with Gasteiger partial charge in [0.05, 0.1) is 5.52 Å². The second kappa shape index (κ2) is 13.2. The van der Waals surface area contributed by atoms with Gasteiger partial charge in [-0.15, -0.1) is 10.2 Å². The molecule has 0 bridgehead atoms. The number of amides is 2. The number of carbonyl (C=O) groups excluding carboxylic acids is 2. The summed E-state index contributed by atoms with van der Waals surface area (Å²) in [5, 5.41) is 10.7. The first-order valence-electron chi connectivity index (χ1n) is 15.3. The van der Waals surface area contributed by atoms with Gasteiger partial charge in [0.25, 0.3) is 5.91 Å². The number of carbonyl (C=O) groups is 2. The maximum atomic E-state index is 13.0. The van der Waals surface area contributed by atoms with E-state index < -0.39 is 0 Å². The Bertz CT molecular complexity index is 1800. The van der Waals surface area contributed by atoms with Gasteiger partial charge >= 0.3 is 0 Å². The molecule has 6 rings (SSSR count). The fourth-order valence-corrected chi connectivity index (χ4v) is 6.73. The average molecular weight is 607 g/mol. The summed E-state index contributed by atoms with van der Waals surface area (Å²) in [5.74, 6) is 1.00. The van der Waals surface area contributed by atoms with Gasteiger partial charge in [0, 0.05) is 55.3 Å². The van der Waals surface area contributed by atoms with Crippen LogP contribution < -0.4 is 0 Å². The summed E-state index contributed by atoms with van der Waals surface area (Å²) in [4.78, 5) is 34.7. The molecule has 1 saturated heterocycles. The lowest BCUT2D eigenvalue weighted by Gasteiger charge is -2.40. The molecule has 1 fully saturated rings. The van der Waals surface area contributed by atoms with Crippen LogP contribution in [0.5, 0.6) is 0 Å². The first-order chi connectivity index (χ1) is 21.4. The van der Waals surface area contributed by atoms with Crippen LogP contribution in [0.15, 0.2) is 78.0 Å². The highest BCUT2D eigenvalue weighted by molar-refractivity contribution is 7.99. The number of piperazine rings is 1. The van der Waals surface area contributed by atoms with E-state index in [0.717, 1.165) is 46.2 Å². The number of thioether (sulfide) groups is 1. The van der Waals surface area contributed by atoms with Crippen molar-refractivity contribution < 1.29 is 9.59 Å². The maximum absolute atomic E-state index is 13.0. The van der Waals surface area contributed by atoms with Crippen molar-refractivity contribution >= 4 is 45.6 Å². The first kappa shape index (κ1) is 29.8. The number of fused-ring (bicyclic) bond motifs is 3. The van der Waals surface area contributed by atoms with Crippen LogP contribution in [-0.4, -0.2) is 72.8 Å². The Labute approximate surface area is 262 Å². The second-order valence-electron chi connectivity index (χ2n) is 11.7. The molecule has 44 heavy (non-hydrogen) atoms. The lowest BCUT2D eigenvalue weighted by molar-refractivity contribution is -0.133. The van der Waals surface area contributed by atoms with Crippen molar-refractivity contribution in [3.63, 3.8) is 0 Å². The smallest absolute Gasteiger partial charge is 0.254 e. The van der Waals surface area contributed by atoms with Gasteiger partial charge < -0.3 is 14.4 Å². The Morgan fingerprint density at radius 2 is 1.73 bits per heavy atom. The molecular weight excluding hydrogens is 568 g/mol. The standard InChI is InChI=1S/C35H38N6O2S/c1-24-14-16-28(17-15-24)34(43)40-19-18-39(22-26(40)3)31(42)13-6-7-20-44-35-36-33-32(37-38-35)29-11-4-5-12-30(29)41(33)23-27-10-8-9-25(2)21-27/h4-5,8-12,14-17,21,26H,6-7,13,18-20,22-23H2,1-3H3. The number of nitrogens with zero attached hydrogens (tertiary/aromatic N) is 6. The molecule has 3 heterocycles. The molecule has 1 aliphatic rings. The number of rotatable bonds is 9. The molecule has 9 heteroatoms. The molecule has 2 amide bonds. The van der Waals surface area contributed by atoms with Crippen LogP contribution in [0.25, 0.3) is 22.1 Å². The zero-order valence-electron chi connectivity index (χ0n) is 25.6. The van der Waals surface area contributed by atoms with Crippen molar-refractivity contribution in [2.75, 3.05) is 25.4 Å². The van der Waals surface area contributed by atoms with E-state index in [1.54, 1.807) is 11.8 Å². The van der Waals surface area contributed by atoms with E-state index in [-0.39, 0.29) is 17.9 Å². The molecule has 226 valence electrons. The van der Waals surface area contributed by atoms with Crippen molar-refractivity contribution in [3.8, 4) is 0 Å². The summed E-state index contributed by atoms with van der Waals surface area (Å²) in [6, 6.07) is 24.5. The van der Waals surface area contributed by atoms with E-state index in [2.05, 4.69) is 58.1 Å². The van der Waals surface area contributed by atoms with E-state index in [9.17, 15) is 9.59 Å². The Hall–Kier alpha value is -4.24. The van der Waals surface area contributed by atoms with Crippen LogP contribution in [-0.2, 0) is 11.3 Å². The van der Waals surface area contributed by atoms with Crippen molar-refractivity contribution in [2.45, 2.75) is 57.8 Å². The summed E-state index contributed by atoms with van der Waals surface area (Å²) < 4.78 is 2.23. The van der Waals surface area contributed by atoms with Gasteiger partial charge in [-0.25, -0.2) is 4.98 Å². The van der Waals surface area contributed by atoms with E-state index in [1.165, 1.54) is 11.1 Å². The van der Waals surface area contributed by atoms with Crippen molar-refractivity contribution in [1.29, 1.82) is 0 Å². The highest BCUT2D eigenvalue weighted by Crippen LogP contribution is 2.28. The van der Waals surface area contributed by atoms with Crippen LogP contribution in [0, 0.1) is 13.8 Å². The minimum Gasteiger partial charge on any atom is -0.339 e. The Kier molecular flexibility index (Phi) is 8.93. The highest BCUT2D eigenvalue weighted by Gasteiger charge is 2.30. The molecule has 2 aromatic heterocycles. The van der Waals surface area contributed by atoms with Gasteiger partial charge in [0.15, 0.2) is 5.65 Å². The third kappa shape index (κ3) is 6.48. The molecule has 0 N–H and O–H groups in total.